The van der Waals surface area contributed by atoms with E-state index in [2.05, 4.69) is 60.8 Å². The molecule has 1 aliphatic heterocycles. The molecule has 1 heterocycles. The van der Waals surface area contributed by atoms with E-state index in [1.54, 1.807) is 0 Å². The van der Waals surface area contributed by atoms with Crippen LogP contribution in [0.3, 0.4) is 0 Å². The van der Waals surface area contributed by atoms with Crippen molar-refractivity contribution in [2.24, 2.45) is 0 Å². The molecule has 0 saturated carbocycles. The Balaban J connectivity index is 1.57. The van der Waals surface area contributed by atoms with Crippen molar-refractivity contribution in [2.75, 3.05) is 12.3 Å². The van der Waals surface area contributed by atoms with E-state index in [9.17, 15) is 0 Å². The summed E-state index contributed by atoms with van der Waals surface area (Å²) in [6.07, 6.45) is 0. The number of aryl methyl sites for hydroxylation is 1. The van der Waals surface area contributed by atoms with E-state index in [0.29, 0.717) is 5.92 Å². The zero-order valence-corrected chi connectivity index (χ0v) is 12.0. The Morgan fingerprint density at radius 1 is 1.16 bits per heavy atom. The van der Waals surface area contributed by atoms with Crippen LogP contribution in [0.4, 0.5) is 0 Å². The molecule has 0 fully saturated rings. The molecule has 98 valence electrons. The van der Waals surface area contributed by atoms with Crippen LogP contribution in [0.15, 0.2) is 53.4 Å². The summed E-state index contributed by atoms with van der Waals surface area (Å²) >= 11 is 1.98. The Kier molecular flexibility index (Phi) is 3.90. The van der Waals surface area contributed by atoms with Crippen LogP contribution >= 0.6 is 11.8 Å². The number of hydrogen-bond acceptors (Lipinski definition) is 2. The lowest BCUT2D eigenvalue weighted by Gasteiger charge is -2.12. The normalized spacial score (nSPS) is 17.4. The summed E-state index contributed by atoms with van der Waals surface area (Å²) in [5.74, 6) is 1.87. The number of fused-ring (bicyclic) bond motifs is 1. The minimum Gasteiger partial charge on any atom is -0.312 e. The predicted octanol–water partition coefficient (Wildman–Crippen LogP) is 3.97. The lowest BCUT2D eigenvalue weighted by atomic mass is 10.0. The molecule has 0 saturated heterocycles. The van der Waals surface area contributed by atoms with Gasteiger partial charge in [0.1, 0.15) is 0 Å². The highest BCUT2D eigenvalue weighted by atomic mass is 32.2. The van der Waals surface area contributed by atoms with Gasteiger partial charge in [-0.3, -0.25) is 0 Å². The van der Waals surface area contributed by atoms with Crippen molar-refractivity contribution in [3.05, 3.63) is 65.2 Å². The average molecular weight is 269 g/mol. The van der Waals surface area contributed by atoms with Gasteiger partial charge in [-0.05, 0) is 24.1 Å². The summed E-state index contributed by atoms with van der Waals surface area (Å²) < 4.78 is 0. The molecule has 1 aliphatic rings. The Labute approximate surface area is 119 Å². The lowest BCUT2D eigenvalue weighted by Crippen LogP contribution is -2.21. The summed E-state index contributed by atoms with van der Waals surface area (Å²) in [6, 6.07) is 17.5. The predicted molar refractivity (Wildman–Crippen MR) is 82.8 cm³/mol. The first kappa shape index (κ1) is 12.8. The fourth-order valence-corrected chi connectivity index (χ4v) is 3.87. The molecule has 0 radical (unpaired) electrons. The maximum Gasteiger partial charge on any atom is 0.0205 e. The third kappa shape index (κ3) is 3.02. The van der Waals surface area contributed by atoms with E-state index < -0.39 is 0 Å². The highest BCUT2D eigenvalue weighted by Crippen LogP contribution is 2.38. The summed E-state index contributed by atoms with van der Waals surface area (Å²) in [6.45, 7) is 4.18. The van der Waals surface area contributed by atoms with Crippen LogP contribution in [0.1, 0.15) is 22.6 Å². The average Bonchev–Trinajstić information content (AvgIpc) is 2.83. The fraction of sp³-hybridized carbons (Fsp3) is 0.294. The minimum atomic E-state index is 0.658. The standard InChI is InChI=1S/C17H19NS/c1-13-5-4-6-14(9-13)10-18-11-15-12-19-17-8-3-2-7-16(15)17/h2-9,15,18H,10-12H2,1H3. The maximum absolute atomic E-state index is 3.60. The Bertz CT molecular complexity index is 565. The van der Waals surface area contributed by atoms with Crippen molar-refractivity contribution in [3.8, 4) is 0 Å². The molecule has 19 heavy (non-hydrogen) atoms. The number of nitrogens with one attached hydrogen (secondary N) is 1. The second-order valence-electron chi connectivity index (χ2n) is 5.17. The summed E-state index contributed by atoms with van der Waals surface area (Å²) in [7, 11) is 0. The van der Waals surface area contributed by atoms with E-state index in [1.807, 2.05) is 11.8 Å². The Morgan fingerprint density at radius 2 is 2.05 bits per heavy atom. The van der Waals surface area contributed by atoms with Gasteiger partial charge in [0, 0.05) is 29.7 Å². The summed E-state index contributed by atoms with van der Waals surface area (Å²) in [4.78, 5) is 1.46. The van der Waals surface area contributed by atoms with E-state index in [-0.39, 0.29) is 0 Å². The molecule has 1 atom stereocenters. The van der Waals surface area contributed by atoms with Crippen LogP contribution in [0.2, 0.25) is 0 Å². The quantitative estimate of drug-likeness (QED) is 0.901. The molecule has 0 amide bonds. The smallest absolute Gasteiger partial charge is 0.0205 e. The first-order chi connectivity index (χ1) is 9.33. The first-order valence-corrected chi connectivity index (χ1v) is 7.79. The van der Waals surface area contributed by atoms with Crippen LogP contribution in [0.25, 0.3) is 0 Å². The molecule has 0 spiro atoms. The maximum atomic E-state index is 3.60. The van der Waals surface area contributed by atoms with Crippen LogP contribution in [0.5, 0.6) is 0 Å². The number of hydrogen-bond donors (Lipinski definition) is 1. The van der Waals surface area contributed by atoms with E-state index >= 15 is 0 Å². The van der Waals surface area contributed by atoms with Crippen molar-refractivity contribution in [2.45, 2.75) is 24.3 Å². The summed E-state index contributed by atoms with van der Waals surface area (Å²) in [5.41, 5.74) is 4.23. The highest BCUT2D eigenvalue weighted by molar-refractivity contribution is 7.99. The third-order valence-corrected chi connectivity index (χ3v) is 4.85. The first-order valence-electron chi connectivity index (χ1n) is 6.81. The van der Waals surface area contributed by atoms with Gasteiger partial charge in [-0.25, -0.2) is 0 Å². The molecule has 0 aliphatic carbocycles. The molecule has 0 aromatic heterocycles. The van der Waals surface area contributed by atoms with E-state index in [4.69, 9.17) is 0 Å². The largest absolute Gasteiger partial charge is 0.312 e. The van der Waals surface area contributed by atoms with Crippen molar-refractivity contribution in [3.63, 3.8) is 0 Å². The molecule has 3 rings (SSSR count). The van der Waals surface area contributed by atoms with E-state index in [0.717, 1.165) is 13.1 Å². The van der Waals surface area contributed by atoms with Gasteiger partial charge in [0.2, 0.25) is 0 Å². The van der Waals surface area contributed by atoms with E-state index in [1.165, 1.54) is 27.3 Å². The molecule has 2 aromatic rings. The summed E-state index contributed by atoms with van der Waals surface area (Å²) in [5, 5.41) is 3.60. The van der Waals surface area contributed by atoms with Gasteiger partial charge in [-0.15, -0.1) is 11.8 Å². The number of rotatable bonds is 4. The second-order valence-corrected chi connectivity index (χ2v) is 6.23. The van der Waals surface area contributed by atoms with Crippen LogP contribution in [0, 0.1) is 6.92 Å². The second kappa shape index (κ2) is 5.81. The van der Waals surface area contributed by atoms with Gasteiger partial charge in [-0.2, -0.15) is 0 Å². The van der Waals surface area contributed by atoms with Gasteiger partial charge in [-0.1, -0.05) is 48.0 Å². The van der Waals surface area contributed by atoms with Gasteiger partial charge in [0.05, 0.1) is 0 Å². The topological polar surface area (TPSA) is 12.0 Å². The monoisotopic (exact) mass is 269 g/mol. The van der Waals surface area contributed by atoms with Crippen molar-refractivity contribution in [1.82, 2.24) is 5.32 Å². The Hall–Kier alpha value is -1.25. The SMILES string of the molecule is Cc1cccc(CNCC2CSc3ccccc32)c1. The number of benzene rings is 2. The van der Waals surface area contributed by atoms with Crippen LogP contribution in [-0.4, -0.2) is 12.3 Å². The third-order valence-electron chi connectivity index (χ3n) is 3.60. The van der Waals surface area contributed by atoms with Gasteiger partial charge in [0.15, 0.2) is 0 Å². The molecule has 2 heteroatoms. The van der Waals surface area contributed by atoms with Crippen LogP contribution < -0.4 is 5.32 Å². The lowest BCUT2D eigenvalue weighted by molar-refractivity contribution is 0.621. The van der Waals surface area contributed by atoms with Crippen LogP contribution in [-0.2, 0) is 6.54 Å². The molecule has 1 unspecified atom stereocenters. The zero-order valence-electron chi connectivity index (χ0n) is 11.2. The molecule has 1 N–H and O–H groups in total. The Morgan fingerprint density at radius 3 is 2.95 bits per heavy atom. The van der Waals surface area contributed by atoms with Crippen molar-refractivity contribution < 1.29 is 0 Å². The number of thioether (sulfide) groups is 1. The molecule has 1 nitrogen and oxygen atoms in total. The van der Waals surface area contributed by atoms with Crippen molar-refractivity contribution in [1.29, 1.82) is 0 Å². The van der Waals surface area contributed by atoms with Gasteiger partial charge in [0.25, 0.3) is 0 Å². The zero-order chi connectivity index (χ0) is 13.1. The van der Waals surface area contributed by atoms with Gasteiger partial charge >= 0.3 is 0 Å². The fourth-order valence-electron chi connectivity index (χ4n) is 2.61. The molecule has 2 aromatic carbocycles. The molecule has 0 bridgehead atoms. The minimum absolute atomic E-state index is 0.658. The highest BCUT2D eigenvalue weighted by Gasteiger charge is 2.21. The van der Waals surface area contributed by atoms with Gasteiger partial charge < -0.3 is 5.32 Å². The molecular formula is C17H19NS. The van der Waals surface area contributed by atoms with Crippen molar-refractivity contribution >= 4 is 11.8 Å². The molecular weight excluding hydrogens is 250 g/mol.